The van der Waals surface area contributed by atoms with Gasteiger partial charge in [-0.15, -0.1) is 0 Å². The van der Waals surface area contributed by atoms with Crippen molar-refractivity contribution in [2.45, 2.75) is 63.6 Å². The van der Waals surface area contributed by atoms with E-state index in [1.54, 1.807) is 0 Å². The summed E-state index contributed by atoms with van der Waals surface area (Å²) in [4.78, 5) is 12.1. The predicted molar refractivity (Wildman–Crippen MR) is 88.3 cm³/mol. The van der Waals surface area contributed by atoms with E-state index >= 15 is 0 Å². The summed E-state index contributed by atoms with van der Waals surface area (Å²) in [5.74, 6) is 0.196. The van der Waals surface area contributed by atoms with Crippen molar-refractivity contribution in [1.29, 1.82) is 0 Å². The summed E-state index contributed by atoms with van der Waals surface area (Å²) in [5.41, 5.74) is 2.46. The number of carbonyl (C=O) groups is 1. The van der Waals surface area contributed by atoms with Crippen LogP contribution in [0.15, 0.2) is 22.7 Å². The van der Waals surface area contributed by atoms with Crippen molar-refractivity contribution in [3.63, 3.8) is 0 Å². The normalized spacial score (nSPS) is 27.6. The largest absolute Gasteiger partial charge is 0.353 e. The van der Waals surface area contributed by atoms with E-state index in [0.29, 0.717) is 24.5 Å². The van der Waals surface area contributed by atoms with Crippen LogP contribution in [0.1, 0.15) is 43.2 Å². The average molecular weight is 351 g/mol. The Labute approximate surface area is 135 Å². The van der Waals surface area contributed by atoms with Crippen molar-refractivity contribution >= 4 is 21.8 Å². The number of halogens is 1. The summed E-state index contributed by atoms with van der Waals surface area (Å²) < 4.78 is 1.13. The van der Waals surface area contributed by atoms with Gasteiger partial charge in [-0.3, -0.25) is 4.79 Å². The van der Waals surface area contributed by atoms with Crippen LogP contribution in [0.4, 0.5) is 0 Å². The van der Waals surface area contributed by atoms with Crippen molar-refractivity contribution in [3.05, 3.63) is 33.8 Å². The molecular weight excluding hydrogens is 328 g/mol. The minimum Gasteiger partial charge on any atom is -0.353 e. The molecule has 1 amide bonds. The Morgan fingerprint density at radius 3 is 2.71 bits per heavy atom. The summed E-state index contributed by atoms with van der Waals surface area (Å²) in [7, 11) is 0. The molecule has 2 aliphatic heterocycles. The molecule has 1 aromatic carbocycles. The number of fused-ring (bicyclic) bond motifs is 2. The molecule has 2 aliphatic rings. The SMILES string of the molecule is Cc1cc(CCC(=O)NC2CC3CCC(C2)N3)ccc1Br. The third kappa shape index (κ3) is 3.86. The molecule has 2 saturated heterocycles. The molecule has 2 N–H and O–H groups in total. The molecule has 4 heteroatoms. The molecule has 0 spiro atoms. The second-order valence-electron chi connectivity index (χ2n) is 6.46. The van der Waals surface area contributed by atoms with E-state index in [-0.39, 0.29) is 5.91 Å². The number of carbonyl (C=O) groups excluding carboxylic acids is 1. The topological polar surface area (TPSA) is 41.1 Å². The van der Waals surface area contributed by atoms with Gasteiger partial charge in [0.25, 0.3) is 0 Å². The second kappa shape index (κ2) is 6.49. The van der Waals surface area contributed by atoms with Crippen LogP contribution in [0.5, 0.6) is 0 Å². The maximum absolute atomic E-state index is 12.1. The first-order valence-corrected chi connectivity index (χ1v) is 8.70. The number of rotatable bonds is 4. The zero-order valence-electron chi connectivity index (χ0n) is 12.5. The van der Waals surface area contributed by atoms with Crippen molar-refractivity contribution in [3.8, 4) is 0 Å². The zero-order valence-corrected chi connectivity index (χ0v) is 14.1. The van der Waals surface area contributed by atoms with Gasteiger partial charge in [-0.25, -0.2) is 0 Å². The van der Waals surface area contributed by atoms with E-state index < -0.39 is 0 Å². The van der Waals surface area contributed by atoms with E-state index in [4.69, 9.17) is 0 Å². The lowest BCUT2D eigenvalue weighted by molar-refractivity contribution is -0.122. The van der Waals surface area contributed by atoms with Crippen LogP contribution in [-0.4, -0.2) is 24.0 Å². The van der Waals surface area contributed by atoms with Crippen molar-refractivity contribution in [2.24, 2.45) is 0 Å². The smallest absolute Gasteiger partial charge is 0.220 e. The molecule has 2 bridgehead atoms. The van der Waals surface area contributed by atoms with Crippen LogP contribution in [0.25, 0.3) is 0 Å². The van der Waals surface area contributed by atoms with Gasteiger partial charge in [-0.1, -0.05) is 28.1 Å². The molecule has 1 aromatic rings. The standard InChI is InChI=1S/C17H23BrN2O/c1-11-8-12(2-6-16(11)18)3-7-17(21)20-15-9-13-4-5-14(10-15)19-13/h2,6,8,13-15,19H,3-5,7,9-10H2,1H3,(H,20,21). The fraction of sp³-hybridized carbons (Fsp3) is 0.588. The summed E-state index contributed by atoms with van der Waals surface area (Å²) in [5, 5.41) is 6.83. The quantitative estimate of drug-likeness (QED) is 0.875. The van der Waals surface area contributed by atoms with Crippen LogP contribution < -0.4 is 10.6 Å². The molecular formula is C17H23BrN2O. The predicted octanol–water partition coefficient (Wildman–Crippen LogP) is 3.09. The lowest BCUT2D eigenvalue weighted by atomic mass is 9.99. The number of hydrogen-bond acceptors (Lipinski definition) is 2. The van der Waals surface area contributed by atoms with E-state index in [0.717, 1.165) is 23.7 Å². The molecule has 3 rings (SSSR count). The molecule has 2 fully saturated rings. The highest BCUT2D eigenvalue weighted by molar-refractivity contribution is 9.10. The van der Waals surface area contributed by atoms with Gasteiger partial charge in [-0.05, 0) is 56.2 Å². The molecule has 2 atom stereocenters. The Hall–Kier alpha value is -0.870. The third-order valence-corrected chi connectivity index (χ3v) is 5.59. The van der Waals surface area contributed by atoms with Gasteiger partial charge in [0.05, 0.1) is 0 Å². The Balaban J connectivity index is 1.47. The molecule has 0 radical (unpaired) electrons. The van der Waals surface area contributed by atoms with Crippen LogP contribution in [-0.2, 0) is 11.2 Å². The third-order valence-electron chi connectivity index (χ3n) is 4.70. The number of hydrogen-bond donors (Lipinski definition) is 2. The number of piperidine rings is 1. The first-order chi connectivity index (χ1) is 10.1. The molecule has 0 aromatic heterocycles. The fourth-order valence-electron chi connectivity index (χ4n) is 3.60. The van der Waals surface area contributed by atoms with E-state index in [9.17, 15) is 4.79 Å². The van der Waals surface area contributed by atoms with E-state index in [1.807, 2.05) is 0 Å². The highest BCUT2D eigenvalue weighted by atomic mass is 79.9. The highest BCUT2D eigenvalue weighted by Gasteiger charge is 2.33. The monoisotopic (exact) mass is 350 g/mol. The summed E-state index contributed by atoms with van der Waals surface area (Å²) >= 11 is 3.51. The highest BCUT2D eigenvalue weighted by Crippen LogP contribution is 2.26. The van der Waals surface area contributed by atoms with Gasteiger partial charge in [-0.2, -0.15) is 0 Å². The Morgan fingerprint density at radius 1 is 1.33 bits per heavy atom. The molecule has 114 valence electrons. The lowest BCUT2D eigenvalue weighted by Crippen LogP contribution is -2.48. The van der Waals surface area contributed by atoms with Crippen LogP contribution in [0.2, 0.25) is 0 Å². The lowest BCUT2D eigenvalue weighted by Gasteiger charge is -2.29. The Bertz CT molecular complexity index is 520. The van der Waals surface area contributed by atoms with Crippen LogP contribution in [0.3, 0.4) is 0 Å². The molecule has 0 aliphatic carbocycles. The first kappa shape index (κ1) is 15.0. The molecule has 3 nitrogen and oxygen atoms in total. The minimum atomic E-state index is 0.196. The summed E-state index contributed by atoms with van der Waals surface area (Å²) in [6, 6.07) is 7.94. The van der Waals surface area contributed by atoms with Crippen LogP contribution in [0, 0.1) is 6.92 Å². The van der Waals surface area contributed by atoms with Gasteiger partial charge >= 0.3 is 0 Å². The summed E-state index contributed by atoms with van der Waals surface area (Å²) in [6.45, 7) is 2.08. The zero-order chi connectivity index (χ0) is 14.8. The Morgan fingerprint density at radius 2 is 2.05 bits per heavy atom. The van der Waals surface area contributed by atoms with Crippen LogP contribution >= 0.6 is 15.9 Å². The molecule has 21 heavy (non-hydrogen) atoms. The summed E-state index contributed by atoms with van der Waals surface area (Å²) in [6.07, 6.45) is 6.14. The minimum absolute atomic E-state index is 0.196. The number of aryl methyl sites for hydroxylation is 2. The van der Waals surface area contributed by atoms with Crippen molar-refractivity contribution in [2.75, 3.05) is 0 Å². The second-order valence-corrected chi connectivity index (χ2v) is 7.31. The number of amides is 1. The van der Waals surface area contributed by atoms with Gasteiger partial charge < -0.3 is 10.6 Å². The molecule has 2 heterocycles. The average Bonchev–Trinajstić information content (AvgIpc) is 2.79. The fourth-order valence-corrected chi connectivity index (χ4v) is 3.84. The molecule has 0 saturated carbocycles. The Kier molecular flexibility index (Phi) is 4.65. The maximum atomic E-state index is 12.1. The number of benzene rings is 1. The van der Waals surface area contributed by atoms with Crippen molar-refractivity contribution in [1.82, 2.24) is 10.6 Å². The van der Waals surface area contributed by atoms with E-state index in [1.165, 1.54) is 24.0 Å². The van der Waals surface area contributed by atoms with Gasteiger partial charge in [0.2, 0.25) is 5.91 Å². The van der Waals surface area contributed by atoms with E-state index in [2.05, 4.69) is 51.7 Å². The van der Waals surface area contributed by atoms with Gasteiger partial charge in [0, 0.05) is 29.0 Å². The molecule has 2 unspecified atom stereocenters. The number of nitrogens with one attached hydrogen (secondary N) is 2. The van der Waals surface area contributed by atoms with Gasteiger partial charge in [0.15, 0.2) is 0 Å². The van der Waals surface area contributed by atoms with Gasteiger partial charge in [0.1, 0.15) is 0 Å². The maximum Gasteiger partial charge on any atom is 0.220 e. The van der Waals surface area contributed by atoms with Crippen molar-refractivity contribution < 1.29 is 4.79 Å². The first-order valence-electron chi connectivity index (χ1n) is 7.90.